The first-order valence-corrected chi connectivity index (χ1v) is 10.3. The van der Waals surface area contributed by atoms with E-state index in [2.05, 4.69) is 11.7 Å². The molecule has 0 fully saturated rings. The molecule has 30 heavy (non-hydrogen) atoms. The molecule has 0 aliphatic heterocycles. The molecule has 6 heteroatoms. The Hall–Kier alpha value is -2.89. The highest BCUT2D eigenvalue weighted by atomic mass is 16.5. The monoisotopic (exact) mass is 416 g/mol. The van der Waals surface area contributed by atoms with E-state index in [1.807, 2.05) is 13.0 Å². The van der Waals surface area contributed by atoms with Crippen molar-refractivity contribution in [3.63, 3.8) is 0 Å². The topological polar surface area (TPSA) is 93.8 Å². The summed E-state index contributed by atoms with van der Waals surface area (Å²) in [4.78, 5) is 36.0. The van der Waals surface area contributed by atoms with Crippen molar-refractivity contribution >= 4 is 11.8 Å². The Morgan fingerprint density at radius 1 is 1.23 bits per heavy atom. The van der Waals surface area contributed by atoms with Gasteiger partial charge in [0.15, 0.2) is 5.78 Å². The minimum Gasteiger partial charge on any atom is -0.507 e. The Balaban J connectivity index is 2.84. The van der Waals surface area contributed by atoms with Gasteiger partial charge in [0.05, 0.1) is 7.11 Å². The van der Waals surface area contributed by atoms with Crippen molar-refractivity contribution in [3.05, 3.63) is 63.8 Å². The molecule has 0 saturated heterocycles. The molecule has 0 radical (unpaired) electrons. The molecule has 0 bridgehead atoms. The van der Waals surface area contributed by atoms with Crippen molar-refractivity contribution in [2.75, 3.05) is 7.11 Å². The predicted octanol–water partition coefficient (Wildman–Crippen LogP) is 5.22. The van der Waals surface area contributed by atoms with Crippen LogP contribution in [-0.4, -0.2) is 24.0 Å². The molecule has 6 nitrogen and oxygen atoms in total. The Labute approximate surface area is 177 Å². The van der Waals surface area contributed by atoms with Gasteiger partial charge in [-0.2, -0.15) is 0 Å². The van der Waals surface area contributed by atoms with E-state index in [9.17, 15) is 19.5 Å². The minimum absolute atomic E-state index is 0.183. The molecule has 1 heterocycles. The predicted molar refractivity (Wildman–Crippen MR) is 117 cm³/mol. The molecule has 1 N–H and O–H groups in total. The molecule has 1 atom stereocenters. The number of rotatable bonds is 12. The zero-order valence-corrected chi connectivity index (χ0v) is 18.3. The number of hydrogen-bond donors (Lipinski definition) is 1. The SMILES string of the molecule is CCCCC/C=C/C=C(\C)C(=O)c1c(O)cc([C@H](C)CC/C=C/C(=O)OC)oc1=O. The Bertz CT molecular complexity index is 857. The first-order valence-electron chi connectivity index (χ1n) is 10.3. The van der Waals surface area contributed by atoms with Crippen LogP contribution in [0.1, 0.15) is 81.3 Å². The number of carbonyl (C=O) groups excluding carboxylic acids is 2. The lowest BCUT2D eigenvalue weighted by molar-refractivity contribution is -0.134. The fourth-order valence-electron chi connectivity index (χ4n) is 2.78. The van der Waals surface area contributed by atoms with E-state index < -0.39 is 17.4 Å². The molecule has 0 unspecified atom stereocenters. The van der Waals surface area contributed by atoms with E-state index in [1.54, 1.807) is 25.2 Å². The van der Waals surface area contributed by atoms with E-state index in [-0.39, 0.29) is 23.0 Å². The largest absolute Gasteiger partial charge is 0.507 e. The third-order valence-electron chi connectivity index (χ3n) is 4.70. The molecule has 0 amide bonds. The van der Waals surface area contributed by atoms with Crippen LogP contribution in [0.5, 0.6) is 5.75 Å². The van der Waals surface area contributed by atoms with Gasteiger partial charge in [-0.3, -0.25) is 4.79 Å². The van der Waals surface area contributed by atoms with Crippen molar-refractivity contribution in [1.82, 2.24) is 0 Å². The van der Waals surface area contributed by atoms with Crippen LogP contribution in [0.15, 0.2) is 51.2 Å². The maximum atomic E-state index is 12.6. The van der Waals surface area contributed by atoms with Crippen LogP contribution < -0.4 is 5.63 Å². The summed E-state index contributed by atoms with van der Waals surface area (Å²) in [5.41, 5.74) is -0.866. The normalized spacial score (nSPS) is 13.1. The summed E-state index contributed by atoms with van der Waals surface area (Å²) in [6.07, 6.45) is 13.9. The molecule has 0 aliphatic carbocycles. The summed E-state index contributed by atoms with van der Waals surface area (Å²) in [5.74, 6) is -1.27. The van der Waals surface area contributed by atoms with Crippen molar-refractivity contribution in [1.29, 1.82) is 0 Å². The van der Waals surface area contributed by atoms with Crippen molar-refractivity contribution in [2.45, 2.75) is 65.2 Å². The summed E-state index contributed by atoms with van der Waals surface area (Å²) in [7, 11) is 1.30. The number of aromatic hydroxyl groups is 1. The van der Waals surface area contributed by atoms with Gasteiger partial charge in [0.1, 0.15) is 17.1 Å². The van der Waals surface area contributed by atoms with E-state index in [0.29, 0.717) is 18.4 Å². The summed E-state index contributed by atoms with van der Waals surface area (Å²) in [6.45, 7) is 5.57. The van der Waals surface area contributed by atoms with E-state index in [1.165, 1.54) is 19.3 Å². The standard InChI is InChI=1S/C24H32O6/c1-5-6-7-8-9-10-14-18(3)23(27)22-19(25)16-20(30-24(22)28)17(2)13-11-12-15-21(26)29-4/h9-10,12,14-17,25H,5-8,11,13H2,1-4H3/b10-9+,15-12+,18-14+/t17-/m1/s1. The smallest absolute Gasteiger partial charge is 0.351 e. The number of methoxy groups -OCH3 is 1. The molecular weight excluding hydrogens is 384 g/mol. The number of carbonyl (C=O) groups is 2. The van der Waals surface area contributed by atoms with Crippen LogP contribution in [0, 0.1) is 0 Å². The highest BCUT2D eigenvalue weighted by molar-refractivity contribution is 6.09. The fourth-order valence-corrected chi connectivity index (χ4v) is 2.78. The van der Waals surface area contributed by atoms with Crippen LogP contribution in [0.2, 0.25) is 0 Å². The zero-order chi connectivity index (χ0) is 22.5. The highest BCUT2D eigenvalue weighted by Crippen LogP contribution is 2.26. The molecule has 0 spiro atoms. The van der Waals surface area contributed by atoms with Gasteiger partial charge in [-0.15, -0.1) is 0 Å². The Morgan fingerprint density at radius 3 is 2.60 bits per heavy atom. The molecule has 0 saturated carbocycles. The molecular formula is C24H32O6. The highest BCUT2D eigenvalue weighted by Gasteiger charge is 2.21. The first-order chi connectivity index (χ1) is 14.3. The second kappa shape index (κ2) is 13.4. The number of ketones is 1. The fraction of sp³-hybridized carbons (Fsp3) is 0.458. The average molecular weight is 417 g/mol. The molecule has 1 aromatic heterocycles. The third kappa shape index (κ3) is 8.23. The van der Waals surface area contributed by atoms with Gasteiger partial charge < -0.3 is 14.3 Å². The van der Waals surface area contributed by atoms with Crippen LogP contribution in [0.25, 0.3) is 0 Å². The van der Waals surface area contributed by atoms with Gasteiger partial charge in [-0.05, 0) is 38.2 Å². The van der Waals surface area contributed by atoms with Crippen molar-refractivity contribution in [2.24, 2.45) is 0 Å². The van der Waals surface area contributed by atoms with E-state index in [0.717, 1.165) is 25.7 Å². The van der Waals surface area contributed by atoms with E-state index >= 15 is 0 Å². The first kappa shape index (κ1) is 25.1. The second-order valence-electron chi connectivity index (χ2n) is 7.20. The molecule has 0 aromatic carbocycles. The number of Topliss-reactive ketones (excluding diaryl/α,β-unsaturated/α-hetero) is 1. The summed E-state index contributed by atoms with van der Waals surface area (Å²) < 4.78 is 9.81. The lowest BCUT2D eigenvalue weighted by Crippen LogP contribution is -2.16. The number of hydrogen-bond acceptors (Lipinski definition) is 6. The average Bonchev–Trinajstić information content (AvgIpc) is 2.72. The Kier molecular flexibility index (Phi) is 11.2. The van der Waals surface area contributed by atoms with Gasteiger partial charge in [0, 0.05) is 18.1 Å². The maximum Gasteiger partial charge on any atom is 0.351 e. The third-order valence-corrected chi connectivity index (χ3v) is 4.70. The van der Waals surface area contributed by atoms with Gasteiger partial charge in [-0.1, -0.05) is 51.0 Å². The number of unbranched alkanes of at least 4 members (excludes halogenated alkanes) is 3. The summed E-state index contributed by atoms with van der Waals surface area (Å²) in [5, 5.41) is 10.3. The van der Waals surface area contributed by atoms with Gasteiger partial charge in [-0.25, -0.2) is 9.59 Å². The molecule has 164 valence electrons. The van der Waals surface area contributed by atoms with E-state index in [4.69, 9.17) is 4.42 Å². The zero-order valence-electron chi connectivity index (χ0n) is 18.3. The van der Waals surface area contributed by atoms with Crippen LogP contribution in [0.4, 0.5) is 0 Å². The van der Waals surface area contributed by atoms with Crippen molar-refractivity contribution in [3.8, 4) is 5.75 Å². The maximum absolute atomic E-state index is 12.6. The lowest BCUT2D eigenvalue weighted by Gasteiger charge is -2.10. The van der Waals surface area contributed by atoms with Crippen LogP contribution in [-0.2, 0) is 9.53 Å². The molecule has 1 rings (SSSR count). The summed E-state index contributed by atoms with van der Waals surface area (Å²) in [6, 6.07) is 1.32. The number of esters is 1. The molecule has 0 aliphatic rings. The molecule has 1 aromatic rings. The van der Waals surface area contributed by atoms with Gasteiger partial charge in [0.25, 0.3) is 0 Å². The van der Waals surface area contributed by atoms with Crippen LogP contribution >= 0.6 is 0 Å². The lowest BCUT2D eigenvalue weighted by atomic mass is 9.99. The number of allylic oxidation sites excluding steroid dienone is 5. The van der Waals surface area contributed by atoms with Crippen LogP contribution in [0.3, 0.4) is 0 Å². The van der Waals surface area contributed by atoms with Gasteiger partial charge >= 0.3 is 11.6 Å². The minimum atomic E-state index is -0.855. The summed E-state index contributed by atoms with van der Waals surface area (Å²) >= 11 is 0. The van der Waals surface area contributed by atoms with Gasteiger partial charge in [0.2, 0.25) is 0 Å². The number of ether oxygens (including phenoxy) is 1. The second-order valence-corrected chi connectivity index (χ2v) is 7.20. The quantitative estimate of drug-likeness (QED) is 0.165. The van der Waals surface area contributed by atoms with Crippen molar-refractivity contribution < 1.29 is 23.8 Å². The Morgan fingerprint density at radius 2 is 1.97 bits per heavy atom.